The molecule has 64 valence electrons. The Kier molecular flexibility index (Phi) is 1.65. The fourth-order valence-corrected chi connectivity index (χ4v) is 1.46. The predicted octanol–water partition coefficient (Wildman–Crippen LogP) is 1.42. The molecular formula is C10H14N2. The SMILES string of the molecule is Cc1cncc(CC2(N)CC2)c1. The molecule has 0 saturated heterocycles. The fraction of sp³-hybridized carbons (Fsp3) is 0.500. The number of nitrogens with two attached hydrogens (primary N) is 1. The van der Waals surface area contributed by atoms with Crippen LogP contribution in [0.15, 0.2) is 18.5 Å². The van der Waals surface area contributed by atoms with E-state index in [2.05, 4.69) is 18.0 Å². The average molecular weight is 162 g/mol. The molecule has 0 aliphatic heterocycles. The summed E-state index contributed by atoms with van der Waals surface area (Å²) in [5.41, 5.74) is 8.60. The van der Waals surface area contributed by atoms with Crippen LogP contribution in [0.5, 0.6) is 0 Å². The van der Waals surface area contributed by atoms with Gasteiger partial charge in [0, 0.05) is 17.9 Å². The molecule has 0 radical (unpaired) electrons. The van der Waals surface area contributed by atoms with Gasteiger partial charge in [0.15, 0.2) is 0 Å². The van der Waals surface area contributed by atoms with Crippen molar-refractivity contribution in [3.63, 3.8) is 0 Å². The lowest BCUT2D eigenvalue weighted by atomic mass is 10.1. The summed E-state index contributed by atoms with van der Waals surface area (Å²) in [5.74, 6) is 0. The van der Waals surface area contributed by atoms with Crippen LogP contribution in [-0.2, 0) is 6.42 Å². The van der Waals surface area contributed by atoms with Crippen molar-refractivity contribution in [3.8, 4) is 0 Å². The Labute approximate surface area is 72.8 Å². The van der Waals surface area contributed by atoms with Crippen molar-refractivity contribution in [1.29, 1.82) is 0 Å². The summed E-state index contributed by atoms with van der Waals surface area (Å²) >= 11 is 0. The zero-order valence-corrected chi connectivity index (χ0v) is 7.38. The lowest BCUT2D eigenvalue weighted by Gasteiger charge is -2.07. The normalized spacial score (nSPS) is 19.2. The summed E-state index contributed by atoms with van der Waals surface area (Å²) in [4.78, 5) is 4.14. The van der Waals surface area contributed by atoms with E-state index in [1.54, 1.807) is 0 Å². The molecule has 12 heavy (non-hydrogen) atoms. The molecule has 1 aromatic heterocycles. The van der Waals surface area contributed by atoms with E-state index >= 15 is 0 Å². The molecule has 1 saturated carbocycles. The quantitative estimate of drug-likeness (QED) is 0.714. The van der Waals surface area contributed by atoms with E-state index in [4.69, 9.17) is 5.73 Å². The van der Waals surface area contributed by atoms with Gasteiger partial charge in [0.25, 0.3) is 0 Å². The van der Waals surface area contributed by atoms with Crippen LogP contribution in [0.4, 0.5) is 0 Å². The maximum Gasteiger partial charge on any atom is 0.0300 e. The molecule has 2 heteroatoms. The molecule has 0 unspecified atom stereocenters. The Morgan fingerprint density at radius 2 is 2.25 bits per heavy atom. The molecule has 1 fully saturated rings. The summed E-state index contributed by atoms with van der Waals surface area (Å²) in [5, 5.41) is 0. The number of pyridine rings is 1. The Hall–Kier alpha value is -0.890. The van der Waals surface area contributed by atoms with Crippen LogP contribution >= 0.6 is 0 Å². The first kappa shape index (κ1) is 7.74. The van der Waals surface area contributed by atoms with E-state index in [0.717, 1.165) is 6.42 Å². The van der Waals surface area contributed by atoms with Crippen molar-refractivity contribution in [3.05, 3.63) is 29.6 Å². The standard InChI is InChI=1S/C10H14N2/c1-8-4-9(7-12-6-8)5-10(11)2-3-10/h4,6-7H,2-3,5,11H2,1H3. The number of aromatic nitrogens is 1. The zero-order valence-electron chi connectivity index (χ0n) is 7.38. The summed E-state index contributed by atoms with van der Waals surface area (Å²) in [6, 6.07) is 2.17. The van der Waals surface area contributed by atoms with Gasteiger partial charge in [-0.05, 0) is 37.3 Å². The summed E-state index contributed by atoms with van der Waals surface area (Å²) in [6.07, 6.45) is 7.11. The minimum atomic E-state index is 0.107. The fourth-order valence-electron chi connectivity index (χ4n) is 1.46. The Bertz CT molecular complexity index is 290. The van der Waals surface area contributed by atoms with E-state index in [1.807, 2.05) is 12.4 Å². The third-order valence-electron chi connectivity index (χ3n) is 2.38. The first-order valence-electron chi connectivity index (χ1n) is 4.37. The van der Waals surface area contributed by atoms with Gasteiger partial charge in [0.1, 0.15) is 0 Å². The van der Waals surface area contributed by atoms with E-state index in [9.17, 15) is 0 Å². The van der Waals surface area contributed by atoms with Crippen molar-refractivity contribution in [1.82, 2.24) is 4.98 Å². The van der Waals surface area contributed by atoms with Crippen LogP contribution in [-0.4, -0.2) is 10.5 Å². The van der Waals surface area contributed by atoms with Crippen molar-refractivity contribution in [2.24, 2.45) is 5.73 Å². The number of hydrogen-bond donors (Lipinski definition) is 1. The van der Waals surface area contributed by atoms with E-state index in [1.165, 1.54) is 24.0 Å². The third-order valence-corrected chi connectivity index (χ3v) is 2.38. The highest BCUT2D eigenvalue weighted by Crippen LogP contribution is 2.35. The Morgan fingerprint density at radius 1 is 1.50 bits per heavy atom. The second-order valence-electron chi connectivity index (χ2n) is 3.91. The molecular weight excluding hydrogens is 148 g/mol. The van der Waals surface area contributed by atoms with Gasteiger partial charge in [-0.1, -0.05) is 6.07 Å². The van der Waals surface area contributed by atoms with Crippen LogP contribution in [0.2, 0.25) is 0 Å². The Morgan fingerprint density at radius 3 is 2.83 bits per heavy atom. The first-order chi connectivity index (χ1) is 5.68. The number of hydrogen-bond acceptors (Lipinski definition) is 2. The molecule has 0 aromatic carbocycles. The molecule has 0 bridgehead atoms. The van der Waals surface area contributed by atoms with Crippen molar-refractivity contribution in [2.75, 3.05) is 0 Å². The molecule has 0 spiro atoms. The first-order valence-corrected chi connectivity index (χ1v) is 4.37. The molecule has 1 aliphatic carbocycles. The van der Waals surface area contributed by atoms with Crippen LogP contribution in [0.1, 0.15) is 24.0 Å². The Balaban J connectivity index is 2.12. The zero-order chi connectivity index (χ0) is 8.60. The summed E-state index contributed by atoms with van der Waals surface area (Å²) in [7, 11) is 0. The number of rotatable bonds is 2. The smallest absolute Gasteiger partial charge is 0.0300 e. The molecule has 2 nitrogen and oxygen atoms in total. The van der Waals surface area contributed by atoms with E-state index in [0.29, 0.717) is 0 Å². The molecule has 0 atom stereocenters. The topological polar surface area (TPSA) is 38.9 Å². The van der Waals surface area contributed by atoms with Crippen molar-refractivity contribution >= 4 is 0 Å². The summed E-state index contributed by atoms with van der Waals surface area (Å²) < 4.78 is 0. The largest absolute Gasteiger partial charge is 0.325 e. The molecule has 1 aliphatic rings. The molecule has 1 heterocycles. The highest BCUT2D eigenvalue weighted by atomic mass is 14.8. The van der Waals surface area contributed by atoms with Crippen LogP contribution in [0.25, 0.3) is 0 Å². The number of aryl methyl sites for hydroxylation is 1. The lowest BCUT2D eigenvalue weighted by Crippen LogP contribution is -2.24. The maximum absolute atomic E-state index is 6.00. The van der Waals surface area contributed by atoms with Crippen molar-refractivity contribution in [2.45, 2.75) is 31.7 Å². The van der Waals surface area contributed by atoms with Gasteiger partial charge in [0.05, 0.1) is 0 Å². The maximum atomic E-state index is 6.00. The number of nitrogens with zero attached hydrogens (tertiary/aromatic N) is 1. The van der Waals surface area contributed by atoms with Gasteiger partial charge >= 0.3 is 0 Å². The summed E-state index contributed by atoms with van der Waals surface area (Å²) in [6.45, 7) is 2.06. The van der Waals surface area contributed by atoms with Crippen molar-refractivity contribution < 1.29 is 0 Å². The van der Waals surface area contributed by atoms with Gasteiger partial charge in [-0.3, -0.25) is 4.98 Å². The molecule has 2 N–H and O–H groups in total. The predicted molar refractivity (Wildman–Crippen MR) is 48.8 cm³/mol. The van der Waals surface area contributed by atoms with Gasteiger partial charge in [-0.25, -0.2) is 0 Å². The van der Waals surface area contributed by atoms with E-state index in [-0.39, 0.29) is 5.54 Å². The average Bonchev–Trinajstić information content (AvgIpc) is 2.67. The second-order valence-corrected chi connectivity index (χ2v) is 3.91. The van der Waals surface area contributed by atoms with Gasteiger partial charge in [-0.2, -0.15) is 0 Å². The van der Waals surface area contributed by atoms with Crippen LogP contribution in [0, 0.1) is 6.92 Å². The highest BCUT2D eigenvalue weighted by molar-refractivity contribution is 5.21. The monoisotopic (exact) mass is 162 g/mol. The second kappa shape index (κ2) is 2.56. The minimum Gasteiger partial charge on any atom is -0.325 e. The third kappa shape index (κ3) is 1.64. The van der Waals surface area contributed by atoms with Crippen LogP contribution < -0.4 is 5.73 Å². The molecule has 1 aromatic rings. The lowest BCUT2D eigenvalue weighted by molar-refractivity contribution is 0.670. The van der Waals surface area contributed by atoms with Crippen LogP contribution in [0.3, 0.4) is 0 Å². The van der Waals surface area contributed by atoms with E-state index < -0.39 is 0 Å². The van der Waals surface area contributed by atoms with Gasteiger partial charge in [0.2, 0.25) is 0 Å². The van der Waals surface area contributed by atoms with Gasteiger partial charge < -0.3 is 5.73 Å². The molecule has 2 rings (SSSR count). The molecule has 0 amide bonds. The highest BCUT2D eigenvalue weighted by Gasteiger charge is 2.37. The van der Waals surface area contributed by atoms with Gasteiger partial charge in [-0.15, -0.1) is 0 Å². The minimum absolute atomic E-state index is 0.107.